The fourth-order valence-electron chi connectivity index (χ4n) is 2.09. The van der Waals surface area contributed by atoms with Gasteiger partial charge < -0.3 is 24.2 Å². The third-order valence-corrected chi connectivity index (χ3v) is 2.97. The van der Waals surface area contributed by atoms with E-state index in [0.29, 0.717) is 23.9 Å². The van der Waals surface area contributed by atoms with Crippen LogP contribution in [-0.4, -0.2) is 61.4 Å². The van der Waals surface area contributed by atoms with E-state index in [9.17, 15) is 19.8 Å². The lowest BCUT2D eigenvalue weighted by atomic mass is 10.1. The molecule has 0 heterocycles. The van der Waals surface area contributed by atoms with Crippen LogP contribution in [0.5, 0.6) is 0 Å². The number of quaternary nitrogens is 1. The highest BCUT2D eigenvalue weighted by Gasteiger charge is 2.21. The van der Waals surface area contributed by atoms with Gasteiger partial charge in [0.25, 0.3) is 0 Å². The molecule has 1 N–H and O–H groups in total. The van der Waals surface area contributed by atoms with Gasteiger partial charge in [0.1, 0.15) is 6.54 Å². The first-order valence-electron chi connectivity index (χ1n) is 7.69. The van der Waals surface area contributed by atoms with E-state index in [2.05, 4.69) is 0 Å². The van der Waals surface area contributed by atoms with E-state index in [0.717, 1.165) is 12.8 Å². The second-order valence-electron chi connectivity index (χ2n) is 6.53. The van der Waals surface area contributed by atoms with Gasteiger partial charge in [0.2, 0.25) is 0 Å². The fraction of sp³-hybridized carbons (Fsp3) is 0.750. The number of ether oxygens (including phenoxy) is 1. The molecule has 0 rings (SSSR count). The number of rotatable bonds is 11. The Morgan fingerprint density at radius 3 is 2.41 bits per heavy atom. The van der Waals surface area contributed by atoms with Crippen molar-refractivity contribution in [1.82, 2.24) is 0 Å². The number of allylic oxidation sites excluding steroid dienone is 1. The Labute approximate surface area is 133 Å². The molecule has 2 unspecified atom stereocenters. The Morgan fingerprint density at radius 2 is 1.91 bits per heavy atom. The van der Waals surface area contributed by atoms with Gasteiger partial charge in [-0.25, -0.2) is 4.79 Å². The Balaban J connectivity index is 4.29. The lowest BCUT2D eigenvalue weighted by Crippen LogP contribution is -2.45. The standard InChI is InChI=1S/C16H29NO5/c1-5-8-13(18)9-6-7-10-16(21)22-14(11-15(19)20)12-17(2,3)4/h7,10,13-14,18H,5-6,8-9,11-12H2,1-4H3/b10-7+. The van der Waals surface area contributed by atoms with Gasteiger partial charge in [0.05, 0.1) is 27.2 Å². The first-order chi connectivity index (χ1) is 10.1. The fourth-order valence-corrected chi connectivity index (χ4v) is 2.09. The van der Waals surface area contributed by atoms with E-state index in [-0.39, 0.29) is 12.5 Å². The zero-order valence-electron chi connectivity index (χ0n) is 14.1. The van der Waals surface area contributed by atoms with Gasteiger partial charge in [-0.2, -0.15) is 0 Å². The quantitative estimate of drug-likeness (QED) is 0.335. The average molecular weight is 315 g/mol. The van der Waals surface area contributed by atoms with Crippen LogP contribution in [0.1, 0.15) is 39.0 Å². The van der Waals surface area contributed by atoms with E-state index in [1.54, 1.807) is 6.08 Å². The summed E-state index contributed by atoms with van der Waals surface area (Å²) >= 11 is 0. The molecule has 0 bridgehead atoms. The molecule has 0 saturated carbocycles. The number of hydrogen-bond donors (Lipinski definition) is 1. The molecule has 22 heavy (non-hydrogen) atoms. The van der Waals surface area contributed by atoms with Crippen LogP contribution in [0.4, 0.5) is 0 Å². The number of aliphatic carboxylic acids is 1. The maximum atomic E-state index is 11.7. The largest absolute Gasteiger partial charge is 0.550 e. The van der Waals surface area contributed by atoms with E-state index in [1.165, 1.54) is 6.08 Å². The van der Waals surface area contributed by atoms with Crippen molar-refractivity contribution in [3.05, 3.63) is 12.2 Å². The van der Waals surface area contributed by atoms with Crippen molar-refractivity contribution in [2.75, 3.05) is 27.7 Å². The molecule has 0 amide bonds. The molecule has 0 spiro atoms. The Bertz CT molecular complexity index is 373. The molecule has 0 radical (unpaired) electrons. The highest BCUT2D eigenvalue weighted by Crippen LogP contribution is 2.07. The molecule has 0 saturated heterocycles. The molecular weight excluding hydrogens is 286 g/mol. The number of carboxylic acids is 1. The monoisotopic (exact) mass is 315 g/mol. The van der Waals surface area contributed by atoms with Crippen molar-refractivity contribution in [3.63, 3.8) is 0 Å². The third-order valence-electron chi connectivity index (χ3n) is 2.97. The zero-order valence-corrected chi connectivity index (χ0v) is 14.1. The summed E-state index contributed by atoms with van der Waals surface area (Å²) in [5.74, 6) is -1.80. The van der Waals surface area contributed by atoms with Crippen molar-refractivity contribution >= 4 is 11.9 Å². The normalized spacial score (nSPS) is 14.8. The SMILES string of the molecule is CCCC(O)CC/C=C/C(=O)OC(CC(=O)[O-])C[N+](C)(C)C. The van der Waals surface area contributed by atoms with Gasteiger partial charge in [-0.05, 0) is 19.3 Å². The number of nitrogens with zero attached hydrogens (tertiary/aromatic N) is 1. The molecule has 0 aromatic carbocycles. The lowest BCUT2D eigenvalue weighted by molar-refractivity contribution is -0.873. The minimum atomic E-state index is -1.24. The van der Waals surface area contributed by atoms with E-state index in [4.69, 9.17) is 4.74 Å². The Hall–Kier alpha value is -1.40. The zero-order chi connectivity index (χ0) is 17.2. The Morgan fingerprint density at radius 1 is 1.27 bits per heavy atom. The van der Waals surface area contributed by atoms with Crippen LogP contribution < -0.4 is 5.11 Å². The summed E-state index contributed by atoms with van der Waals surface area (Å²) in [5.41, 5.74) is 0. The molecule has 0 aliphatic carbocycles. The van der Waals surface area contributed by atoms with E-state index < -0.39 is 18.0 Å². The van der Waals surface area contributed by atoms with Crippen LogP contribution in [0.15, 0.2) is 12.2 Å². The van der Waals surface area contributed by atoms with Crippen LogP contribution in [0.25, 0.3) is 0 Å². The van der Waals surface area contributed by atoms with Crippen LogP contribution in [0.3, 0.4) is 0 Å². The van der Waals surface area contributed by atoms with Gasteiger partial charge in [0.15, 0.2) is 6.10 Å². The van der Waals surface area contributed by atoms with Crippen LogP contribution in [-0.2, 0) is 14.3 Å². The molecule has 6 heteroatoms. The number of esters is 1. The molecule has 0 aromatic rings. The van der Waals surface area contributed by atoms with Crippen molar-refractivity contribution in [2.24, 2.45) is 0 Å². The Kier molecular flexibility index (Phi) is 9.69. The minimum Gasteiger partial charge on any atom is -0.550 e. The summed E-state index contributed by atoms with van der Waals surface area (Å²) in [7, 11) is 5.67. The molecule has 128 valence electrons. The summed E-state index contributed by atoms with van der Waals surface area (Å²) in [6.45, 7) is 2.39. The van der Waals surface area contributed by atoms with Gasteiger partial charge in [-0.15, -0.1) is 0 Å². The number of hydrogen-bond acceptors (Lipinski definition) is 5. The number of carbonyl (C=O) groups is 2. The van der Waals surface area contributed by atoms with E-state index >= 15 is 0 Å². The van der Waals surface area contributed by atoms with Crippen molar-refractivity contribution in [3.8, 4) is 0 Å². The molecule has 0 aromatic heterocycles. The molecule has 6 nitrogen and oxygen atoms in total. The first kappa shape index (κ1) is 20.6. The number of carboxylic acid groups (broad SMARTS) is 1. The summed E-state index contributed by atoms with van der Waals surface area (Å²) in [5, 5.41) is 20.3. The molecule has 0 fully saturated rings. The molecular formula is C16H29NO5. The molecule has 0 aliphatic rings. The number of aliphatic hydroxyl groups is 1. The van der Waals surface area contributed by atoms with E-state index in [1.807, 2.05) is 28.1 Å². The number of aliphatic hydroxyl groups excluding tert-OH is 1. The van der Waals surface area contributed by atoms with Gasteiger partial charge >= 0.3 is 5.97 Å². The minimum absolute atomic E-state index is 0.315. The smallest absolute Gasteiger partial charge is 0.330 e. The summed E-state index contributed by atoms with van der Waals surface area (Å²) in [6, 6.07) is 0. The highest BCUT2D eigenvalue weighted by molar-refractivity contribution is 5.82. The lowest BCUT2D eigenvalue weighted by Gasteiger charge is -2.29. The summed E-state index contributed by atoms with van der Waals surface area (Å²) < 4.78 is 5.65. The van der Waals surface area contributed by atoms with Gasteiger partial charge in [-0.3, -0.25) is 0 Å². The highest BCUT2D eigenvalue weighted by atomic mass is 16.5. The predicted molar refractivity (Wildman–Crippen MR) is 81.7 cm³/mol. The molecule has 0 aliphatic heterocycles. The topological polar surface area (TPSA) is 86.7 Å². The second kappa shape index (κ2) is 10.3. The van der Waals surface area contributed by atoms with Crippen LogP contribution in [0, 0.1) is 0 Å². The first-order valence-corrected chi connectivity index (χ1v) is 7.69. The van der Waals surface area contributed by atoms with Gasteiger partial charge in [-0.1, -0.05) is 19.4 Å². The number of likely N-dealkylation sites (N-methyl/N-ethyl adjacent to an activating group) is 1. The maximum Gasteiger partial charge on any atom is 0.330 e. The van der Waals surface area contributed by atoms with Crippen molar-refractivity contribution in [1.29, 1.82) is 0 Å². The third kappa shape index (κ3) is 12.3. The molecule has 2 atom stereocenters. The predicted octanol–water partition coefficient (Wildman–Crippen LogP) is 0.242. The van der Waals surface area contributed by atoms with Crippen molar-refractivity contribution in [2.45, 2.75) is 51.2 Å². The summed E-state index contributed by atoms with van der Waals surface area (Å²) in [4.78, 5) is 22.4. The number of carbonyl (C=O) groups excluding carboxylic acids is 2. The van der Waals surface area contributed by atoms with Crippen molar-refractivity contribution < 1.29 is 29.0 Å². The van der Waals surface area contributed by atoms with Crippen LogP contribution >= 0.6 is 0 Å². The van der Waals surface area contributed by atoms with Crippen LogP contribution in [0.2, 0.25) is 0 Å². The maximum absolute atomic E-state index is 11.7. The van der Waals surface area contributed by atoms with Gasteiger partial charge in [0, 0.05) is 18.5 Å². The average Bonchev–Trinajstić information content (AvgIpc) is 2.32. The second-order valence-corrected chi connectivity index (χ2v) is 6.53. The summed E-state index contributed by atoms with van der Waals surface area (Å²) in [6.07, 6.45) is 4.39.